The van der Waals surface area contributed by atoms with Crippen LogP contribution in [0.5, 0.6) is 0 Å². The molecule has 0 spiro atoms. The molecule has 106 valence electrons. The molecule has 1 N–H and O–H groups in total. The molecule has 0 amide bonds. The summed E-state index contributed by atoms with van der Waals surface area (Å²) >= 11 is 0. The Kier molecular flexibility index (Phi) is 5.14. The van der Waals surface area contributed by atoms with E-state index in [0.29, 0.717) is 11.5 Å². The summed E-state index contributed by atoms with van der Waals surface area (Å²) in [5.41, 5.74) is 1.97. The lowest BCUT2D eigenvalue weighted by molar-refractivity contribution is -0.142. The molecular formula is C16H20N2O2. The number of hydrogen-bond donors (Lipinski definition) is 1. The highest BCUT2D eigenvalue weighted by molar-refractivity contribution is 5.76. The number of nitrogens with zero attached hydrogens (tertiary/aromatic N) is 1. The van der Waals surface area contributed by atoms with Gasteiger partial charge in [-0.3, -0.25) is 4.79 Å². The molecule has 1 aromatic carbocycles. The number of carbonyl (C=O) groups excluding carboxylic acids is 1. The van der Waals surface area contributed by atoms with Gasteiger partial charge in [0.25, 0.3) is 0 Å². The quantitative estimate of drug-likeness (QED) is 0.833. The molecule has 1 fully saturated rings. The van der Waals surface area contributed by atoms with Crippen LogP contribution < -0.4 is 5.32 Å². The number of esters is 1. The zero-order chi connectivity index (χ0) is 14.4. The lowest BCUT2D eigenvalue weighted by atomic mass is 9.97. The van der Waals surface area contributed by atoms with E-state index in [1.807, 2.05) is 24.3 Å². The van der Waals surface area contributed by atoms with Crippen molar-refractivity contribution in [1.82, 2.24) is 5.32 Å². The largest absolute Gasteiger partial charge is 0.468 e. The van der Waals surface area contributed by atoms with E-state index in [-0.39, 0.29) is 12.0 Å². The van der Waals surface area contributed by atoms with Gasteiger partial charge < -0.3 is 10.1 Å². The molecule has 4 heteroatoms. The van der Waals surface area contributed by atoms with Gasteiger partial charge in [0.1, 0.15) is 6.04 Å². The zero-order valence-corrected chi connectivity index (χ0v) is 11.8. The van der Waals surface area contributed by atoms with Crippen LogP contribution in [0.1, 0.15) is 30.4 Å². The van der Waals surface area contributed by atoms with E-state index in [0.717, 1.165) is 32.2 Å². The van der Waals surface area contributed by atoms with Gasteiger partial charge in [0.15, 0.2) is 0 Å². The van der Waals surface area contributed by atoms with Crippen molar-refractivity contribution in [3.05, 3.63) is 35.4 Å². The fourth-order valence-corrected chi connectivity index (χ4v) is 2.69. The first-order valence-electron chi connectivity index (χ1n) is 7.03. The minimum Gasteiger partial charge on any atom is -0.468 e. The number of rotatable bonds is 5. The van der Waals surface area contributed by atoms with Gasteiger partial charge in [0.2, 0.25) is 0 Å². The van der Waals surface area contributed by atoms with Crippen LogP contribution in [0, 0.1) is 17.2 Å². The number of nitriles is 1. The number of aryl methyl sites for hydroxylation is 1. The van der Waals surface area contributed by atoms with Gasteiger partial charge in [-0.25, -0.2) is 0 Å². The molecule has 0 saturated carbocycles. The molecule has 0 aromatic heterocycles. The number of hydrogen-bond acceptors (Lipinski definition) is 4. The number of nitrogens with one attached hydrogen (secondary N) is 1. The van der Waals surface area contributed by atoms with Crippen molar-refractivity contribution < 1.29 is 9.53 Å². The Hall–Kier alpha value is -1.86. The minimum atomic E-state index is -0.153. The van der Waals surface area contributed by atoms with Crippen molar-refractivity contribution in [2.24, 2.45) is 5.92 Å². The number of ether oxygens (including phenoxy) is 1. The van der Waals surface area contributed by atoms with Gasteiger partial charge in [-0.2, -0.15) is 5.26 Å². The second-order valence-corrected chi connectivity index (χ2v) is 5.29. The summed E-state index contributed by atoms with van der Waals surface area (Å²) in [7, 11) is 1.43. The summed E-state index contributed by atoms with van der Waals surface area (Å²) in [6.07, 6.45) is 4.11. The Balaban J connectivity index is 1.71. The molecule has 1 aliphatic heterocycles. The molecule has 4 nitrogen and oxygen atoms in total. The van der Waals surface area contributed by atoms with Gasteiger partial charge in [-0.1, -0.05) is 12.1 Å². The van der Waals surface area contributed by atoms with Gasteiger partial charge in [-0.05, 0) is 55.8 Å². The lowest BCUT2D eigenvalue weighted by Gasteiger charge is -2.09. The van der Waals surface area contributed by atoms with Gasteiger partial charge in [-0.15, -0.1) is 0 Å². The highest BCUT2D eigenvalue weighted by Crippen LogP contribution is 2.21. The smallest absolute Gasteiger partial charge is 0.322 e. The Bertz CT molecular complexity index is 490. The van der Waals surface area contributed by atoms with E-state index in [4.69, 9.17) is 10.00 Å². The zero-order valence-electron chi connectivity index (χ0n) is 11.8. The van der Waals surface area contributed by atoms with Crippen LogP contribution in [0.15, 0.2) is 24.3 Å². The Morgan fingerprint density at radius 3 is 2.85 bits per heavy atom. The van der Waals surface area contributed by atoms with Crippen molar-refractivity contribution in [1.29, 1.82) is 5.26 Å². The minimum absolute atomic E-state index is 0.125. The summed E-state index contributed by atoms with van der Waals surface area (Å²) in [6.45, 7) is 0.896. The van der Waals surface area contributed by atoms with Crippen molar-refractivity contribution in [2.45, 2.75) is 31.7 Å². The molecule has 0 radical (unpaired) electrons. The van der Waals surface area contributed by atoms with E-state index in [1.54, 1.807) is 0 Å². The maximum Gasteiger partial charge on any atom is 0.322 e. The van der Waals surface area contributed by atoms with Crippen LogP contribution in [0.4, 0.5) is 0 Å². The fourth-order valence-electron chi connectivity index (χ4n) is 2.69. The molecule has 1 heterocycles. The van der Waals surface area contributed by atoms with Crippen molar-refractivity contribution in [3.8, 4) is 6.07 Å². The van der Waals surface area contributed by atoms with E-state index in [2.05, 4.69) is 11.4 Å². The topological polar surface area (TPSA) is 62.1 Å². The van der Waals surface area contributed by atoms with Gasteiger partial charge in [0, 0.05) is 0 Å². The van der Waals surface area contributed by atoms with E-state index >= 15 is 0 Å². The van der Waals surface area contributed by atoms with E-state index in [9.17, 15) is 4.79 Å². The molecule has 1 unspecified atom stereocenters. The molecule has 2 rings (SSSR count). The summed E-state index contributed by atoms with van der Waals surface area (Å²) in [5.74, 6) is 0.400. The highest BCUT2D eigenvalue weighted by atomic mass is 16.5. The molecule has 1 saturated heterocycles. The highest BCUT2D eigenvalue weighted by Gasteiger charge is 2.29. The lowest BCUT2D eigenvalue weighted by Crippen LogP contribution is -2.31. The van der Waals surface area contributed by atoms with E-state index in [1.165, 1.54) is 12.7 Å². The second-order valence-electron chi connectivity index (χ2n) is 5.29. The number of benzene rings is 1. The van der Waals surface area contributed by atoms with Crippen molar-refractivity contribution >= 4 is 5.97 Å². The first-order chi connectivity index (χ1) is 9.72. The third-order valence-corrected chi connectivity index (χ3v) is 3.87. The fraction of sp³-hybridized carbons (Fsp3) is 0.500. The van der Waals surface area contributed by atoms with Crippen LogP contribution in [-0.4, -0.2) is 25.7 Å². The first-order valence-corrected chi connectivity index (χ1v) is 7.03. The third kappa shape index (κ3) is 3.82. The van der Waals surface area contributed by atoms with Crippen LogP contribution in [-0.2, 0) is 16.0 Å². The van der Waals surface area contributed by atoms with Crippen LogP contribution >= 0.6 is 0 Å². The average Bonchev–Trinajstić information content (AvgIpc) is 2.96. The first kappa shape index (κ1) is 14.5. The maximum atomic E-state index is 11.4. The van der Waals surface area contributed by atoms with Crippen molar-refractivity contribution in [2.75, 3.05) is 13.7 Å². The SMILES string of the molecule is COC(=O)[C@@H]1CC(CCCc2ccc(C#N)cc2)CN1. The predicted octanol–water partition coefficient (Wildman–Crippen LogP) is 2.03. The summed E-state index contributed by atoms with van der Waals surface area (Å²) in [5, 5.41) is 12.0. The van der Waals surface area contributed by atoms with Gasteiger partial charge >= 0.3 is 5.97 Å². The molecule has 0 aliphatic carbocycles. The normalized spacial score (nSPS) is 21.4. The molecular weight excluding hydrogens is 252 g/mol. The standard InChI is InChI=1S/C16H20N2O2/c1-20-16(19)15-9-14(11-18-15)4-2-3-12-5-7-13(10-17)8-6-12/h5-8,14-15,18H,2-4,9,11H2,1H3/t14?,15-/m0/s1. The molecule has 20 heavy (non-hydrogen) atoms. The number of carbonyl (C=O) groups is 1. The summed E-state index contributed by atoms with van der Waals surface area (Å²) in [6, 6.07) is 9.75. The Labute approximate surface area is 119 Å². The predicted molar refractivity (Wildman–Crippen MR) is 76.0 cm³/mol. The molecule has 2 atom stereocenters. The monoisotopic (exact) mass is 272 g/mol. The van der Waals surface area contributed by atoms with Gasteiger partial charge in [0.05, 0.1) is 18.7 Å². The average molecular weight is 272 g/mol. The Morgan fingerprint density at radius 1 is 1.45 bits per heavy atom. The van der Waals surface area contributed by atoms with Crippen LogP contribution in [0.3, 0.4) is 0 Å². The summed E-state index contributed by atoms with van der Waals surface area (Å²) in [4.78, 5) is 11.4. The van der Waals surface area contributed by atoms with Crippen LogP contribution in [0.2, 0.25) is 0 Å². The second kappa shape index (κ2) is 7.06. The number of methoxy groups -OCH3 is 1. The summed E-state index contributed by atoms with van der Waals surface area (Å²) < 4.78 is 4.75. The molecule has 1 aromatic rings. The van der Waals surface area contributed by atoms with E-state index < -0.39 is 0 Å². The molecule has 1 aliphatic rings. The maximum absolute atomic E-state index is 11.4. The third-order valence-electron chi connectivity index (χ3n) is 3.87. The Morgan fingerprint density at radius 2 is 2.20 bits per heavy atom. The van der Waals surface area contributed by atoms with Crippen LogP contribution in [0.25, 0.3) is 0 Å². The molecule has 0 bridgehead atoms. The van der Waals surface area contributed by atoms with Crippen molar-refractivity contribution in [3.63, 3.8) is 0 Å².